The maximum absolute atomic E-state index is 9.53. The Morgan fingerprint density at radius 3 is 2.84 bits per heavy atom. The topological polar surface area (TPSA) is 41.5 Å². The fourth-order valence-electron chi connectivity index (χ4n) is 3.45. The lowest BCUT2D eigenvalue weighted by Gasteiger charge is -2.31. The summed E-state index contributed by atoms with van der Waals surface area (Å²) in [6.45, 7) is 4.12. The highest BCUT2D eigenvalue weighted by atomic mass is 16.5. The highest BCUT2D eigenvalue weighted by molar-refractivity contribution is 5.40. The Bertz CT molecular complexity index is 440. The molecule has 0 amide bonds. The van der Waals surface area contributed by atoms with Crippen molar-refractivity contribution in [2.75, 3.05) is 13.2 Å². The highest BCUT2D eigenvalue weighted by Gasteiger charge is 2.27. The van der Waals surface area contributed by atoms with Crippen LogP contribution in [0.4, 0.5) is 0 Å². The van der Waals surface area contributed by atoms with E-state index < -0.39 is 0 Å². The van der Waals surface area contributed by atoms with Gasteiger partial charge in [-0.25, -0.2) is 0 Å². The lowest BCUT2D eigenvalue weighted by atomic mass is 9.92. The molecule has 1 aliphatic heterocycles. The number of phenolic OH excluding ortho intramolecular Hbond substituents is 1. The molecule has 19 heavy (non-hydrogen) atoms. The van der Waals surface area contributed by atoms with Crippen molar-refractivity contribution in [3.05, 3.63) is 29.3 Å². The van der Waals surface area contributed by atoms with Crippen LogP contribution in [0, 0.1) is 5.92 Å². The van der Waals surface area contributed by atoms with E-state index in [1.54, 1.807) is 6.07 Å². The van der Waals surface area contributed by atoms with Crippen molar-refractivity contribution in [3.8, 4) is 5.75 Å². The van der Waals surface area contributed by atoms with E-state index >= 15 is 0 Å². The number of aromatic hydroxyl groups is 1. The van der Waals surface area contributed by atoms with Gasteiger partial charge < -0.3 is 15.2 Å². The lowest BCUT2D eigenvalue weighted by Crippen LogP contribution is -2.38. The molecule has 1 aliphatic carbocycles. The summed E-state index contributed by atoms with van der Waals surface area (Å²) in [5, 5.41) is 13.3. The van der Waals surface area contributed by atoms with Gasteiger partial charge in [-0.05, 0) is 61.8 Å². The number of aryl methyl sites for hydroxylation is 1. The zero-order valence-corrected chi connectivity index (χ0v) is 11.6. The molecule has 2 N–H and O–H groups in total. The molecule has 1 heterocycles. The third-order valence-corrected chi connectivity index (χ3v) is 4.64. The maximum atomic E-state index is 9.53. The Kier molecular flexibility index (Phi) is 3.76. The first-order chi connectivity index (χ1) is 9.24. The molecule has 2 aliphatic rings. The Labute approximate surface area is 115 Å². The second-order valence-electron chi connectivity index (χ2n) is 5.88. The summed E-state index contributed by atoms with van der Waals surface area (Å²) in [7, 11) is 0. The Morgan fingerprint density at radius 2 is 2.05 bits per heavy atom. The fraction of sp³-hybridized carbons (Fsp3) is 0.625. The smallest absolute Gasteiger partial charge is 0.115 e. The molecule has 104 valence electrons. The minimum atomic E-state index is 0.386. The van der Waals surface area contributed by atoms with Gasteiger partial charge in [0.1, 0.15) is 5.75 Å². The summed E-state index contributed by atoms with van der Waals surface area (Å²) in [6, 6.07) is 6.78. The number of fused-ring (bicyclic) bond motifs is 1. The molecule has 3 rings (SSSR count). The van der Waals surface area contributed by atoms with Crippen molar-refractivity contribution >= 4 is 0 Å². The number of benzene rings is 1. The molecule has 0 saturated carbocycles. The fourth-order valence-corrected chi connectivity index (χ4v) is 3.45. The first kappa shape index (κ1) is 12.9. The average Bonchev–Trinajstić information content (AvgIpc) is 2.82. The minimum Gasteiger partial charge on any atom is -0.508 e. The van der Waals surface area contributed by atoms with E-state index in [2.05, 4.69) is 18.3 Å². The predicted molar refractivity (Wildman–Crippen MR) is 75.3 cm³/mol. The van der Waals surface area contributed by atoms with Gasteiger partial charge in [-0.3, -0.25) is 0 Å². The Balaban J connectivity index is 1.65. The molecule has 0 radical (unpaired) electrons. The van der Waals surface area contributed by atoms with Gasteiger partial charge in [0.15, 0.2) is 0 Å². The number of hydrogen-bond acceptors (Lipinski definition) is 3. The van der Waals surface area contributed by atoms with Crippen molar-refractivity contribution in [1.29, 1.82) is 0 Å². The van der Waals surface area contributed by atoms with E-state index in [0.29, 0.717) is 17.8 Å². The molecule has 2 atom stereocenters. The number of phenols is 1. The van der Waals surface area contributed by atoms with E-state index in [-0.39, 0.29) is 0 Å². The summed E-state index contributed by atoms with van der Waals surface area (Å²) < 4.78 is 5.43. The molecule has 1 fully saturated rings. The van der Waals surface area contributed by atoms with Crippen molar-refractivity contribution < 1.29 is 9.84 Å². The van der Waals surface area contributed by atoms with Crippen LogP contribution >= 0.6 is 0 Å². The van der Waals surface area contributed by atoms with Crippen LogP contribution in [-0.2, 0) is 11.2 Å². The number of hydrogen-bond donors (Lipinski definition) is 2. The molecule has 1 aromatic rings. The second kappa shape index (κ2) is 5.51. The first-order valence-electron chi connectivity index (χ1n) is 7.39. The van der Waals surface area contributed by atoms with Gasteiger partial charge in [0, 0.05) is 25.3 Å². The highest BCUT2D eigenvalue weighted by Crippen LogP contribution is 2.34. The van der Waals surface area contributed by atoms with Gasteiger partial charge in [-0.1, -0.05) is 6.07 Å². The van der Waals surface area contributed by atoms with Crippen LogP contribution in [0.15, 0.2) is 18.2 Å². The SMILES string of the molecule is CC(NC1CCc2cc(O)ccc21)C1CCOCC1. The van der Waals surface area contributed by atoms with Crippen LogP contribution in [0.25, 0.3) is 0 Å². The largest absolute Gasteiger partial charge is 0.508 e. The van der Waals surface area contributed by atoms with Crippen LogP contribution in [0.1, 0.15) is 43.4 Å². The summed E-state index contributed by atoms with van der Waals surface area (Å²) in [6.07, 6.45) is 4.56. The van der Waals surface area contributed by atoms with E-state index in [0.717, 1.165) is 32.0 Å². The number of ether oxygens (including phenoxy) is 1. The van der Waals surface area contributed by atoms with Gasteiger partial charge >= 0.3 is 0 Å². The lowest BCUT2D eigenvalue weighted by molar-refractivity contribution is 0.0544. The standard InChI is InChI=1S/C16H23NO2/c1-11(12-6-8-19-9-7-12)17-16-5-2-13-10-14(18)3-4-15(13)16/h3-4,10-12,16-18H,2,5-9H2,1H3. The Morgan fingerprint density at radius 1 is 1.26 bits per heavy atom. The predicted octanol–water partition coefficient (Wildman–Crippen LogP) is 2.78. The summed E-state index contributed by atoms with van der Waals surface area (Å²) in [4.78, 5) is 0. The van der Waals surface area contributed by atoms with Crippen LogP contribution < -0.4 is 5.32 Å². The molecule has 0 aromatic heterocycles. The molecule has 0 spiro atoms. The quantitative estimate of drug-likeness (QED) is 0.879. The van der Waals surface area contributed by atoms with E-state index in [4.69, 9.17) is 4.74 Å². The molecule has 0 bridgehead atoms. The zero-order valence-electron chi connectivity index (χ0n) is 11.6. The first-order valence-corrected chi connectivity index (χ1v) is 7.39. The van der Waals surface area contributed by atoms with Crippen LogP contribution in [0.2, 0.25) is 0 Å². The molecule has 2 unspecified atom stereocenters. The molecular weight excluding hydrogens is 238 g/mol. The van der Waals surface area contributed by atoms with Crippen molar-refractivity contribution in [3.63, 3.8) is 0 Å². The molecule has 1 aromatic carbocycles. The van der Waals surface area contributed by atoms with E-state index in [1.807, 2.05) is 6.07 Å². The molecule has 3 nitrogen and oxygen atoms in total. The van der Waals surface area contributed by atoms with Crippen molar-refractivity contribution in [2.45, 2.75) is 44.7 Å². The van der Waals surface area contributed by atoms with Gasteiger partial charge in [0.05, 0.1) is 0 Å². The van der Waals surface area contributed by atoms with Crippen LogP contribution in [0.5, 0.6) is 5.75 Å². The van der Waals surface area contributed by atoms with Crippen LogP contribution in [0.3, 0.4) is 0 Å². The molecule has 1 saturated heterocycles. The van der Waals surface area contributed by atoms with Crippen molar-refractivity contribution in [1.82, 2.24) is 5.32 Å². The summed E-state index contributed by atoms with van der Waals surface area (Å²) in [5.41, 5.74) is 2.67. The minimum absolute atomic E-state index is 0.386. The Hall–Kier alpha value is -1.06. The van der Waals surface area contributed by atoms with Gasteiger partial charge in [-0.2, -0.15) is 0 Å². The van der Waals surface area contributed by atoms with E-state index in [9.17, 15) is 5.11 Å². The normalized spacial score (nSPS) is 25.2. The van der Waals surface area contributed by atoms with Crippen molar-refractivity contribution in [2.24, 2.45) is 5.92 Å². The third kappa shape index (κ3) is 2.77. The second-order valence-corrected chi connectivity index (χ2v) is 5.88. The number of rotatable bonds is 3. The maximum Gasteiger partial charge on any atom is 0.115 e. The molecular formula is C16H23NO2. The van der Waals surface area contributed by atoms with Crippen LogP contribution in [-0.4, -0.2) is 24.4 Å². The monoisotopic (exact) mass is 261 g/mol. The number of nitrogens with one attached hydrogen (secondary N) is 1. The van der Waals surface area contributed by atoms with Gasteiger partial charge in [-0.15, -0.1) is 0 Å². The zero-order chi connectivity index (χ0) is 13.2. The van der Waals surface area contributed by atoms with E-state index in [1.165, 1.54) is 24.0 Å². The average molecular weight is 261 g/mol. The molecule has 3 heteroatoms. The van der Waals surface area contributed by atoms with Gasteiger partial charge in [0.25, 0.3) is 0 Å². The third-order valence-electron chi connectivity index (χ3n) is 4.64. The summed E-state index contributed by atoms with van der Waals surface area (Å²) in [5.74, 6) is 1.12. The van der Waals surface area contributed by atoms with Gasteiger partial charge in [0.2, 0.25) is 0 Å². The summed E-state index contributed by atoms with van der Waals surface area (Å²) >= 11 is 0.